The van der Waals surface area contributed by atoms with E-state index in [1.54, 1.807) is 19.9 Å². The topological polar surface area (TPSA) is 85.2 Å². The molecule has 0 saturated heterocycles. The van der Waals surface area contributed by atoms with Crippen molar-refractivity contribution < 1.29 is 29.2 Å². The Morgan fingerprint density at radius 1 is 1.50 bits per heavy atom. The molecule has 6 heteroatoms. The molecule has 0 radical (unpaired) electrons. The maximum absolute atomic E-state index is 11.4. The van der Waals surface area contributed by atoms with Crippen LogP contribution in [0.1, 0.15) is 25.0 Å². The Bertz CT molecular complexity index is 605. The third kappa shape index (κ3) is 3.01. The number of benzene rings is 1. The molecule has 2 N–H and O–H groups in total. The minimum atomic E-state index is -0.776. The van der Waals surface area contributed by atoms with Gasteiger partial charge >= 0.3 is 5.97 Å². The molecule has 1 heterocycles. The number of rotatable bonds is 4. The molecule has 0 unspecified atom stereocenters. The van der Waals surface area contributed by atoms with E-state index in [0.717, 1.165) is 0 Å². The van der Waals surface area contributed by atoms with Crippen LogP contribution in [0.5, 0.6) is 11.5 Å². The number of aromatic hydroxyl groups is 1. The predicted molar refractivity (Wildman–Crippen MR) is 78.5 cm³/mol. The first-order chi connectivity index (χ1) is 10.3. The summed E-state index contributed by atoms with van der Waals surface area (Å²) in [5.41, 5.74) is 0.499. The first-order valence-corrected chi connectivity index (χ1v) is 6.87. The van der Waals surface area contributed by atoms with E-state index in [4.69, 9.17) is 9.47 Å². The van der Waals surface area contributed by atoms with Crippen LogP contribution in [0.15, 0.2) is 24.5 Å². The summed E-state index contributed by atoms with van der Waals surface area (Å²) in [5, 5.41) is 19.3. The van der Waals surface area contributed by atoms with E-state index in [0.29, 0.717) is 23.3 Å². The zero-order valence-electron chi connectivity index (χ0n) is 12.9. The van der Waals surface area contributed by atoms with E-state index in [1.807, 2.05) is 0 Å². The molecule has 120 valence electrons. The van der Waals surface area contributed by atoms with Crippen molar-refractivity contribution in [2.75, 3.05) is 7.11 Å². The Labute approximate surface area is 128 Å². The summed E-state index contributed by atoms with van der Waals surface area (Å²) in [6.07, 6.45) is -0.0836. The molecular weight excluding hydrogens is 288 g/mol. The van der Waals surface area contributed by atoms with Crippen LogP contribution in [0.2, 0.25) is 0 Å². The van der Waals surface area contributed by atoms with Gasteiger partial charge in [0, 0.05) is 12.0 Å². The maximum atomic E-state index is 11.4. The number of phenolic OH excluding ortho intramolecular Hbond substituents is 1. The number of aliphatic hydroxyl groups is 1. The van der Waals surface area contributed by atoms with E-state index in [1.165, 1.54) is 13.2 Å². The van der Waals surface area contributed by atoms with Crippen molar-refractivity contribution in [2.24, 2.45) is 0 Å². The Balaban J connectivity index is 2.30. The van der Waals surface area contributed by atoms with Gasteiger partial charge in [0.2, 0.25) is 0 Å². The second-order valence-electron chi connectivity index (χ2n) is 5.69. The summed E-state index contributed by atoms with van der Waals surface area (Å²) in [7, 11) is 1.25. The molecule has 0 fully saturated rings. The highest BCUT2D eigenvalue weighted by Gasteiger charge is 2.40. The van der Waals surface area contributed by atoms with E-state index >= 15 is 0 Å². The number of hydrogen-bond acceptors (Lipinski definition) is 6. The number of carbonyl (C=O) groups is 1. The molecule has 0 amide bonds. The van der Waals surface area contributed by atoms with E-state index in [9.17, 15) is 15.0 Å². The summed E-state index contributed by atoms with van der Waals surface area (Å²) >= 11 is 0. The van der Waals surface area contributed by atoms with Gasteiger partial charge in [-0.15, -0.1) is 0 Å². The van der Waals surface area contributed by atoms with Crippen molar-refractivity contribution in [3.8, 4) is 11.5 Å². The molecule has 0 spiro atoms. The number of carbonyl (C=O) groups excluding carboxylic acids is 1. The lowest BCUT2D eigenvalue weighted by Crippen LogP contribution is -2.48. The first-order valence-electron chi connectivity index (χ1n) is 6.87. The van der Waals surface area contributed by atoms with E-state index in [-0.39, 0.29) is 18.1 Å². The van der Waals surface area contributed by atoms with Gasteiger partial charge in [0.05, 0.1) is 13.7 Å². The minimum Gasteiger partial charge on any atom is -0.504 e. The molecule has 0 aliphatic carbocycles. The van der Waals surface area contributed by atoms with Crippen LogP contribution in [0.3, 0.4) is 0 Å². The smallest absolute Gasteiger partial charge is 0.372 e. The molecule has 6 nitrogen and oxygen atoms in total. The summed E-state index contributed by atoms with van der Waals surface area (Å²) in [5.74, 6) is -0.408. The zero-order chi connectivity index (χ0) is 16.5. The molecule has 1 atom stereocenters. The summed E-state index contributed by atoms with van der Waals surface area (Å²) in [6, 6.07) is 3.20. The molecule has 0 saturated carbocycles. The molecule has 1 aromatic carbocycles. The number of phenols is 1. The van der Waals surface area contributed by atoms with Crippen molar-refractivity contribution >= 4 is 5.97 Å². The molecule has 0 aromatic heterocycles. The van der Waals surface area contributed by atoms with Crippen molar-refractivity contribution in [3.63, 3.8) is 0 Å². The first kappa shape index (κ1) is 16.2. The fraction of sp³-hybridized carbons (Fsp3) is 0.438. The van der Waals surface area contributed by atoms with Gasteiger partial charge in [0.1, 0.15) is 11.7 Å². The van der Waals surface area contributed by atoms with Gasteiger partial charge < -0.3 is 24.4 Å². The minimum absolute atomic E-state index is 0.0279. The highest BCUT2D eigenvalue weighted by atomic mass is 16.6. The highest BCUT2D eigenvalue weighted by molar-refractivity contribution is 5.85. The fourth-order valence-electron chi connectivity index (χ4n) is 2.39. The van der Waals surface area contributed by atoms with E-state index < -0.39 is 17.7 Å². The molecule has 1 aromatic rings. The summed E-state index contributed by atoms with van der Waals surface area (Å²) in [4.78, 5) is 11.4. The quantitative estimate of drug-likeness (QED) is 0.500. The lowest BCUT2D eigenvalue weighted by atomic mass is 9.89. The van der Waals surface area contributed by atoms with Gasteiger partial charge in [-0.2, -0.15) is 0 Å². The maximum Gasteiger partial charge on any atom is 0.372 e. The van der Waals surface area contributed by atoms with Gasteiger partial charge in [-0.3, -0.25) is 0 Å². The average Bonchev–Trinajstić information content (AvgIpc) is 2.47. The SMILES string of the molecule is C=C(O[C@H]1Cc2cc(CO)cc(O)c2OC1(C)C)C(=O)OC. The van der Waals surface area contributed by atoms with Gasteiger partial charge in [-0.1, -0.05) is 0 Å². The van der Waals surface area contributed by atoms with Gasteiger partial charge in [-0.05, 0) is 38.1 Å². The molecule has 2 rings (SSSR count). The Kier molecular flexibility index (Phi) is 4.32. The highest BCUT2D eigenvalue weighted by Crippen LogP contribution is 2.41. The number of fused-ring (bicyclic) bond motifs is 1. The fourth-order valence-corrected chi connectivity index (χ4v) is 2.39. The van der Waals surface area contributed by atoms with Crippen LogP contribution < -0.4 is 4.74 Å². The van der Waals surface area contributed by atoms with Crippen LogP contribution in [-0.4, -0.2) is 35.0 Å². The van der Waals surface area contributed by atoms with Crippen molar-refractivity contribution in [1.82, 2.24) is 0 Å². The van der Waals surface area contributed by atoms with Crippen LogP contribution in [-0.2, 0) is 27.3 Å². The summed E-state index contributed by atoms with van der Waals surface area (Å²) < 4.78 is 16.0. The summed E-state index contributed by atoms with van der Waals surface area (Å²) in [6.45, 7) is 6.95. The molecule has 1 aliphatic rings. The third-order valence-electron chi connectivity index (χ3n) is 3.63. The Hall–Kier alpha value is -2.21. The number of ether oxygens (including phenoxy) is 3. The predicted octanol–water partition coefficient (Wildman–Crippen LogP) is 1.67. The van der Waals surface area contributed by atoms with Crippen LogP contribution in [0, 0.1) is 0 Å². The molecule has 22 heavy (non-hydrogen) atoms. The van der Waals surface area contributed by atoms with E-state index in [2.05, 4.69) is 11.3 Å². The lowest BCUT2D eigenvalue weighted by molar-refractivity contribution is -0.144. The second-order valence-corrected chi connectivity index (χ2v) is 5.69. The molecular formula is C16H20O6. The number of aliphatic hydroxyl groups excluding tert-OH is 1. The number of hydrogen-bond donors (Lipinski definition) is 2. The van der Waals surface area contributed by atoms with Crippen molar-refractivity contribution in [1.29, 1.82) is 0 Å². The zero-order valence-corrected chi connectivity index (χ0v) is 12.9. The molecule has 1 aliphatic heterocycles. The third-order valence-corrected chi connectivity index (χ3v) is 3.63. The van der Waals surface area contributed by atoms with Gasteiger partial charge in [0.15, 0.2) is 17.3 Å². The van der Waals surface area contributed by atoms with Crippen molar-refractivity contribution in [3.05, 3.63) is 35.6 Å². The average molecular weight is 308 g/mol. The van der Waals surface area contributed by atoms with Crippen molar-refractivity contribution in [2.45, 2.75) is 38.6 Å². The number of esters is 1. The monoisotopic (exact) mass is 308 g/mol. The van der Waals surface area contributed by atoms with Gasteiger partial charge in [0.25, 0.3) is 0 Å². The molecule has 0 bridgehead atoms. The van der Waals surface area contributed by atoms with Crippen LogP contribution >= 0.6 is 0 Å². The van der Waals surface area contributed by atoms with Crippen LogP contribution in [0.4, 0.5) is 0 Å². The van der Waals surface area contributed by atoms with Crippen LogP contribution in [0.25, 0.3) is 0 Å². The normalized spacial score (nSPS) is 18.8. The standard InChI is InChI=1S/C16H20O6/c1-9(15(19)20-4)21-13-7-11-5-10(8-17)6-12(18)14(11)22-16(13,2)3/h5-6,13,17-18H,1,7-8H2,2-4H3/t13-/m0/s1. The largest absolute Gasteiger partial charge is 0.504 e. The Morgan fingerprint density at radius 2 is 2.18 bits per heavy atom. The van der Waals surface area contributed by atoms with Gasteiger partial charge in [-0.25, -0.2) is 4.79 Å². The number of methoxy groups -OCH3 is 1. The Morgan fingerprint density at radius 3 is 2.77 bits per heavy atom. The lowest BCUT2D eigenvalue weighted by Gasteiger charge is -2.40. The second kappa shape index (κ2) is 5.88.